The average molecular weight is 406 g/mol. The third kappa shape index (κ3) is 3.83. The summed E-state index contributed by atoms with van der Waals surface area (Å²) < 4.78 is 19.8. The molecule has 1 aliphatic rings. The van der Waals surface area contributed by atoms with Crippen LogP contribution in [0.1, 0.15) is 10.6 Å². The van der Waals surface area contributed by atoms with Gasteiger partial charge in [-0.2, -0.15) is 0 Å². The van der Waals surface area contributed by atoms with Crippen LogP contribution >= 0.6 is 11.3 Å². The molecule has 2 aromatic carbocycles. The smallest absolute Gasteiger partial charge is 0.124 e. The van der Waals surface area contributed by atoms with Gasteiger partial charge in [0.1, 0.15) is 12.1 Å². The maximum Gasteiger partial charge on any atom is 0.124 e. The van der Waals surface area contributed by atoms with E-state index < -0.39 is 0 Å². The van der Waals surface area contributed by atoms with E-state index in [0.717, 1.165) is 64.7 Å². The summed E-state index contributed by atoms with van der Waals surface area (Å²) in [6.45, 7) is 3.21. The summed E-state index contributed by atoms with van der Waals surface area (Å²) in [4.78, 5) is 15.5. The maximum absolute atomic E-state index is 14.4. The summed E-state index contributed by atoms with van der Waals surface area (Å²) in [6, 6.07) is 11.3. The van der Waals surface area contributed by atoms with Gasteiger partial charge in [-0.15, -0.1) is 11.3 Å². The molecule has 1 fully saturated rings. The molecule has 0 atom stereocenters. The van der Waals surface area contributed by atoms with Gasteiger partial charge < -0.3 is 9.64 Å². The number of benzene rings is 2. The van der Waals surface area contributed by atoms with Crippen LogP contribution in [0.25, 0.3) is 22.2 Å². The fourth-order valence-corrected chi connectivity index (χ4v) is 4.35. The molecule has 0 bridgehead atoms. The number of halogens is 1. The normalized spacial score (nSPS) is 14.4. The molecule has 29 heavy (non-hydrogen) atoms. The first-order valence-corrected chi connectivity index (χ1v) is 10.4. The van der Waals surface area contributed by atoms with Crippen LogP contribution < -0.4 is 4.90 Å². The van der Waals surface area contributed by atoms with Crippen molar-refractivity contribution in [1.82, 2.24) is 15.0 Å². The number of fused-ring (bicyclic) bond motifs is 1. The van der Waals surface area contributed by atoms with Gasteiger partial charge in [0.05, 0.1) is 29.4 Å². The predicted octanol–water partition coefficient (Wildman–Crippen LogP) is 4.32. The standard InChI is InChI=1S/C22H19FN4OS/c23-17-10-15(11-21-24-3-8-29-21)9-16(12-17)22-19-2-1-18(13-20(19)25-14-26-22)27-4-6-28-7-5-27/h1-3,8-10,12-14H,4-7,11H2. The molecular weight excluding hydrogens is 387 g/mol. The van der Waals surface area contributed by atoms with E-state index in [1.165, 1.54) is 6.07 Å². The Balaban J connectivity index is 1.53. The lowest BCUT2D eigenvalue weighted by Gasteiger charge is -2.29. The number of anilines is 1. The molecule has 1 saturated heterocycles. The Labute approximate surface area is 171 Å². The molecule has 1 aliphatic heterocycles. The first-order chi connectivity index (χ1) is 14.3. The zero-order chi connectivity index (χ0) is 19.6. The van der Waals surface area contributed by atoms with Crippen LogP contribution in [0.2, 0.25) is 0 Å². The molecule has 3 heterocycles. The van der Waals surface area contributed by atoms with Crippen LogP contribution in [-0.2, 0) is 11.2 Å². The van der Waals surface area contributed by atoms with Gasteiger partial charge in [-0.3, -0.25) is 0 Å². The van der Waals surface area contributed by atoms with Crippen LogP contribution in [0.5, 0.6) is 0 Å². The lowest BCUT2D eigenvalue weighted by Crippen LogP contribution is -2.36. The van der Waals surface area contributed by atoms with Gasteiger partial charge in [0.25, 0.3) is 0 Å². The highest BCUT2D eigenvalue weighted by Crippen LogP contribution is 2.30. The van der Waals surface area contributed by atoms with Gasteiger partial charge in [-0.05, 0) is 42.0 Å². The van der Waals surface area contributed by atoms with Crippen LogP contribution in [0.3, 0.4) is 0 Å². The molecule has 0 saturated carbocycles. The van der Waals surface area contributed by atoms with Crippen LogP contribution in [0, 0.1) is 5.82 Å². The van der Waals surface area contributed by atoms with Gasteiger partial charge in [0.15, 0.2) is 0 Å². The van der Waals surface area contributed by atoms with Crippen molar-refractivity contribution in [3.63, 3.8) is 0 Å². The van der Waals surface area contributed by atoms with E-state index in [-0.39, 0.29) is 5.82 Å². The van der Waals surface area contributed by atoms with E-state index in [1.54, 1.807) is 29.9 Å². The molecule has 5 nitrogen and oxygen atoms in total. The molecule has 0 aliphatic carbocycles. The van der Waals surface area contributed by atoms with Crippen LogP contribution in [0.4, 0.5) is 10.1 Å². The summed E-state index contributed by atoms with van der Waals surface area (Å²) in [7, 11) is 0. The monoisotopic (exact) mass is 406 g/mol. The zero-order valence-corrected chi connectivity index (χ0v) is 16.5. The molecule has 0 spiro atoms. The van der Waals surface area contributed by atoms with E-state index in [9.17, 15) is 4.39 Å². The van der Waals surface area contributed by atoms with E-state index in [2.05, 4.69) is 32.0 Å². The van der Waals surface area contributed by atoms with Crippen LogP contribution in [0.15, 0.2) is 54.3 Å². The SMILES string of the molecule is Fc1cc(Cc2nccs2)cc(-c2ncnc3cc(N4CCOCC4)ccc23)c1. The van der Waals surface area contributed by atoms with Crippen LogP contribution in [-0.4, -0.2) is 41.3 Å². The van der Waals surface area contributed by atoms with Crippen molar-refractivity contribution in [3.8, 4) is 11.3 Å². The molecule has 2 aromatic heterocycles. The predicted molar refractivity (Wildman–Crippen MR) is 113 cm³/mol. The highest BCUT2D eigenvalue weighted by atomic mass is 32.1. The van der Waals surface area contributed by atoms with Gasteiger partial charge in [0, 0.05) is 47.7 Å². The van der Waals surface area contributed by atoms with E-state index in [1.807, 2.05) is 17.5 Å². The number of thiazole rings is 1. The fraction of sp³-hybridized carbons (Fsp3) is 0.227. The van der Waals surface area contributed by atoms with Crippen molar-refractivity contribution < 1.29 is 9.13 Å². The summed E-state index contributed by atoms with van der Waals surface area (Å²) in [6.07, 6.45) is 3.92. The van der Waals surface area contributed by atoms with E-state index in [0.29, 0.717) is 6.42 Å². The molecule has 4 aromatic rings. The second-order valence-electron chi connectivity index (χ2n) is 6.97. The topological polar surface area (TPSA) is 51.1 Å². The van der Waals surface area contributed by atoms with Gasteiger partial charge in [0.2, 0.25) is 0 Å². The Kier molecular flexibility index (Phi) is 4.91. The van der Waals surface area contributed by atoms with Crippen molar-refractivity contribution in [2.24, 2.45) is 0 Å². The minimum atomic E-state index is -0.272. The lowest BCUT2D eigenvalue weighted by molar-refractivity contribution is 0.122. The summed E-state index contributed by atoms with van der Waals surface area (Å²) >= 11 is 1.57. The third-order valence-electron chi connectivity index (χ3n) is 5.07. The number of hydrogen-bond donors (Lipinski definition) is 0. The minimum Gasteiger partial charge on any atom is -0.378 e. The third-order valence-corrected chi connectivity index (χ3v) is 5.85. The van der Waals surface area contributed by atoms with E-state index in [4.69, 9.17) is 4.74 Å². The highest BCUT2D eigenvalue weighted by molar-refractivity contribution is 7.09. The Bertz CT molecular complexity index is 1140. The first-order valence-electron chi connectivity index (χ1n) is 9.52. The van der Waals surface area contributed by atoms with Gasteiger partial charge >= 0.3 is 0 Å². The lowest BCUT2D eigenvalue weighted by atomic mass is 10.0. The Morgan fingerprint density at radius 1 is 1.03 bits per heavy atom. The molecule has 0 radical (unpaired) electrons. The van der Waals surface area contributed by atoms with Crippen molar-refractivity contribution in [2.75, 3.05) is 31.2 Å². The van der Waals surface area contributed by atoms with Gasteiger partial charge in [-0.25, -0.2) is 19.3 Å². The summed E-state index contributed by atoms with van der Waals surface area (Å²) in [5, 5.41) is 3.80. The average Bonchev–Trinajstić information content (AvgIpc) is 3.26. The number of nitrogens with zero attached hydrogens (tertiary/aromatic N) is 4. The zero-order valence-electron chi connectivity index (χ0n) is 15.7. The molecule has 0 N–H and O–H groups in total. The number of morpholine rings is 1. The second-order valence-corrected chi connectivity index (χ2v) is 7.95. The number of hydrogen-bond acceptors (Lipinski definition) is 6. The molecule has 7 heteroatoms. The number of rotatable bonds is 4. The Hall–Kier alpha value is -2.90. The number of ether oxygens (including phenoxy) is 1. The Morgan fingerprint density at radius 3 is 2.76 bits per heavy atom. The number of aromatic nitrogens is 3. The maximum atomic E-state index is 14.4. The molecular formula is C22H19FN4OS. The second kappa shape index (κ2) is 7.85. The van der Waals surface area contributed by atoms with Crippen molar-refractivity contribution >= 4 is 27.9 Å². The molecule has 146 valence electrons. The highest BCUT2D eigenvalue weighted by Gasteiger charge is 2.14. The minimum absolute atomic E-state index is 0.272. The van der Waals surface area contributed by atoms with Crippen molar-refractivity contribution in [3.05, 3.63) is 70.7 Å². The van der Waals surface area contributed by atoms with E-state index >= 15 is 0 Å². The Morgan fingerprint density at radius 2 is 1.93 bits per heavy atom. The van der Waals surface area contributed by atoms with Crippen molar-refractivity contribution in [2.45, 2.75) is 6.42 Å². The molecule has 0 unspecified atom stereocenters. The van der Waals surface area contributed by atoms with Crippen molar-refractivity contribution in [1.29, 1.82) is 0 Å². The largest absolute Gasteiger partial charge is 0.378 e. The quantitative estimate of drug-likeness (QED) is 0.505. The summed E-state index contributed by atoms with van der Waals surface area (Å²) in [5.74, 6) is -0.272. The molecule has 0 amide bonds. The first kappa shape index (κ1) is 18.1. The molecule has 5 rings (SSSR count). The summed E-state index contributed by atoms with van der Waals surface area (Å²) in [5.41, 5.74) is 4.34. The van der Waals surface area contributed by atoms with Gasteiger partial charge in [-0.1, -0.05) is 0 Å². The fourth-order valence-electron chi connectivity index (χ4n) is 3.70.